The van der Waals surface area contributed by atoms with Crippen molar-refractivity contribution in [2.75, 3.05) is 6.61 Å². The Morgan fingerprint density at radius 1 is 0.826 bits per heavy atom. The third-order valence-corrected chi connectivity index (χ3v) is 3.90. The van der Waals surface area contributed by atoms with E-state index in [2.05, 4.69) is 11.8 Å². The van der Waals surface area contributed by atoms with Crippen molar-refractivity contribution in [1.82, 2.24) is 0 Å². The van der Waals surface area contributed by atoms with Crippen LogP contribution in [0.5, 0.6) is 0 Å². The van der Waals surface area contributed by atoms with Crippen molar-refractivity contribution >= 4 is 10.8 Å². The van der Waals surface area contributed by atoms with E-state index in [0.29, 0.717) is 0 Å². The highest BCUT2D eigenvalue weighted by Crippen LogP contribution is 2.28. The first kappa shape index (κ1) is 15.3. The molecule has 0 amide bonds. The number of benzene rings is 3. The predicted molar refractivity (Wildman–Crippen MR) is 92.8 cm³/mol. The smallest absolute Gasteiger partial charge is 0.0955 e. The maximum Gasteiger partial charge on any atom is 0.0955 e. The van der Waals surface area contributed by atoms with Crippen molar-refractivity contribution < 1.29 is 10.2 Å². The molecule has 2 N–H and O–H groups in total. The van der Waals surface area contributed by atoms with Crippen LogP contribution in [-0.2, 0) is 0 Å². The Morgan fingerprint density at radius 2 is 1.52 bits per heavy atom. The minimum absolute atomic E-state index is 0.190. The monoisotopic (exact) mass is 302 g/mol. The topological polar surface area (TPSA) is 40.5 Å². The number of aliphatic hydroxyl groups is 2. The highest BCUT2D eigenvalue weighted by Gasteiger charge is 2.20. The van der Waals surface area contributed by atoms with E-state index in [1.807, 2.05) is 72.8 Å². The largest absolute Gasteiger partial charge is 0.395 e. The Labute approximate surface area is 136 Å². The summed E-state index contributed by atoms with van der Waals surface area (Å²) in [5.74, 6) is 5.50. The summed E-state index contributed by atoms with van der Waals surface area (Å²) in [7, 11) is 0. The first-order valence-corrected chi connectivity index (χ1v) is 7.63. The lowest BCUT2D eigenvalue weighted by Gasteiger charge is -2.18. The van der Waals surface area contributed by atoms with Gasteiger partial charge in [-0.3, -0.25) is 0 Å². The van der Waals surface area contributed by atoms with E-state index in [1.165, 1.54) is 0 Å². The summed E-state index contributed by atoms with van der Waals surface area (Å²) >= 11 is 0. The molecule has 0 aliphatic rings. The van der Waals surface area contributed by atoms with E-state index in [4.69, 9.17) is 0 Å². The Bertz CT molecular complexity index is 838. The van der Waals surface area contributed by atoms with Crippen molar-refractivity contribution in [3.8, 4) is 11.8 Å². The fourth-order valence-corrected chi connectivity index (χ4v) is 2.65. The molecule has 0 fully saturated rings. The molecule has 0 saturated carbocycles. The Morgan fingerprint density at radius 3 is 2.30 bits per heavy atom. The van der Waals surface area contributed by atoms with E-state index in [9.17, 15) is 10.2 Å². The highest BCUT2D eigenvalue weighted by molar-refractivity contribution is 5.86. The van der Waals surface area contributed by atoms with Crippen LogP contribution in [0.3, 0.4) is 0 Å². The van der Waals surface area contributed by atoms with Crippen LogP contribution < -0.4 is 0 Å². The first-order valence-electron chi connectivity index (χ1n) is 7.63. The number of aliphatic hydroxyl groups excluding tert-OH is 2. The van der Waals surface area contributed by atoms with Crippen LogP contribution in [0.15, 0.2) is 72.8 Å². The minimum Gasteiger partial charge on any atom is -0.395 e. The molecule has 0 bridgehead atoms. The van der Waals surface area contributed by atoms with Gasteiger partial charge in [0.05, 0.1) is 18.6 Å². The van der Waals surface area contributed by atoms with Gasteiger partial charge in [-0.05, 0) is 28.5 Å². The van der Waals surface area contributed by atoms with Crippen molar-refractivity contribution in [2.24, 2.45) is 5.92 Å². The molecule has 2 heteroatoms. The second-order valence-corrected chi connectivity index (χ2v) is 5.44. The third-order valence-electron chi connectivity index (χ3n) is 3.90. The van der Waals surface area contributed by atoms with Gasteiger partial charge in [0.1, 0.15) is 0 Å². The maximum atomic E-state index is 10.7. The summed E-state index contributed by atoms with van der Waals surface area (Å²) in [6, 6.07) is 23.3. The van der Waals surface area contributed by atoms with Crippen LogP contribution in [0, 0.1) is 17.8 Å². The SMILES string of the molecule is OC[C@@H](C#Cc1ccccc1)[C@H](O)c1cccc2ccccc12. The second-order valence-electron chi connectivity index (χ2n) is 5.44. The van der Waals surface area contributed by atoms with Gasteiger partial charge in [-0.15, -0.1) is 0 Å². The Kier molecular flexibility index (Phi) is 4.73. The molecular weight excluding hydrogens is 284 g/mol. The lowest BCUT2D eigenvalue weighted by Crippen LogP contribution is -2.15. The fourth-order valence-electron chi connectivity index (χ4n) is 2.65. The van der Waals surface area contributed by atoms with Gasteiger partial charge in [-0.1, -0.05) is 72.5 Å². The molecule has 2 atom stereocenters. The Hall–Kier alpha value is -2.60. The Balaban J connectivity index is 1.93. The molecule has 3 aromatic carbocycles. The molecule has 0 spiro atoms. The molecule has 114 valence electrons. The van der Waals surface area contributed by atoms with Gasteiger partial charge in [0.15, 0.2) is 0 Å². The molecule has 3 rings (SSSR count). The standard InChI is InChI=1S/C21H18O2/c22-15-18(14-13-16-7-2-1-3-8-16)21(23)20-12-6-10-17-9-4-5-11-19(17)20/h1-12,18,21-23H,15H2/t18-,21+/m1/s1. The summed E-state index contributed by atoms with van der Waals surface area (Å²) in [4.78, 5) is 0. The molecule has 3 aromatic rings. The zero-order valence-electron chi connectivity index (χ0n) is 12.7. The fraction of sp³-hybridized carbons (Fsp3) is 0.143. The lowest BCUT2D eigenvalue weighted by molar-refractivity contribution is 0.0978. The molecule has 0 heterocycles. The van der Waals surface area contributed by atoms with Crippen molar-refractivity contribution in [3.63, 3.8) is 0 Å². The molecule has 23 heavy (non-hydrogen) atoms. The number of rotatable bonds is 3. The minimum atomic E-state index is -0.831. The number of fused-ring (bicyclic) bond motifs is 1. The van der Waals surface area contributed by atoms with E-state index in [0.717, 1.165) is 21.9 Å². The molecule has 0 aliphatic heterocycles. The lowest BCUT2D eigenvalue weighted by atomic mass is 9.92. The van der Waals surface area contributed by atoms with Crippen molar-refractivity contribution in [1.29, 1.82) is 0 Å². The molecule has 0 aromatic heterocycles. The maximum absolute atomic E-state index is 10.7. The van der Waals surface area contributed by atoms with E-state index in [1.54, 1.807) is 0 Å². The van der Waals surface area contributed by atoms with Crippen LogP contribution in [0.2, 0.25) is 0 Å². The van der Waals surface area contributed by atoms with Gasteiger partial charge in [-0.25, -0.2) is 0 Å². The van der Waals surface area contributed by atoms with Gasteiger partial charge in [-0.2, -0.15) is 0 Å². The summed E-state index contributed by atoms with van der Waals surface area (Å²) in [6.45, 7) is -0.190. The zero-order chi connectivity index (χ0) is 16.1. The van der Waals surface area contributed by atoms with Crippen LogP contribution in [0.1, 0.15) is 17.2 Å². The summed E-state index contributed by atoms with van der Waals surface area (Å²) in [5, 5.41) is 22.4. The molecule has 0 unspecified atom stereocenters. The van der Waals surface area contributed by atoms with E-state index < -0.39 is 12.0 Å². The molecule has 0 aliphatic carbocycles. The average molecular weight is 302 g/mol. The quantitative estimate of drug-likeness (QED) is 0.727. The van der Waals surface area contributed by atoms with Crippen LogP contribution in [0.4, 0.5) is 0 Å². The number of hydrogen-bond donors (Lipinski definition) is 2. The van der Waals surface area contributed by atoms with Crippen molar-refractivity contribution in [2.45, 2.75) is 6.10 Å². The van der Waals surface area contributed by atoms with E-state index in [-0.39, 0.29) is 6.61 Å². The van der Waals surface area contributed by atoms with Gasteiger partial charge in [0.2, 0.25) is 0 Å². The summed E-state index contributed by atoms with van der Waals surface area (Å²) in [6.07, 6.45) is -0.831. The molecule has 0 saturated heterocycles. The third kappa shape index (κ3) is 3.43. The first-order chi connectivity index (χ1) is 11.3. The van der Waals surface area contributed by atoms with Gasteiger partial charge in [0, 0.05) is 5.56 Å². The summed E-state index contributed by atoms with van der Waals surface area (Å²) < 4.78 is 0. The molecular formula is C21H18O2. The predicted octanol–water partition coefficient (Wildman–Crippen LogP) is 3.53. The average Bonchev–Trinajstić information content (AvgIpc) is 2.62. The van der Waals surface area contributed by atoms with Crippen LogP contribution >= 0.6 is 0 Å². The van der Waals surface area contributed by atoms with Crippen LogP contribution in [0.25, 0.3) is 10.8 Å². The number of hydrogen-bond acceptors (Lipinski definition) is 2. The zero-order valence-corrected chi connectivity index (χ0v) is 12.7. The molecule has 2 nitrogen and oxygen atoms in total. The molecule has 0 radical (unpaired) electrons. The normalized spacial score (nSPS) is 13.1. The van der Waals surface area contributed by atoms with Gasteiger partial charge in [0.25, 0.3) is 0 Å². The van der Waals surface area contributed by atoms with Crippen LogP contribution in [-0.4, -0.2) is 16.8 Å². The van der Waals surface area contributed by atoms with Gasteiger partial charge < -0.3 is 10.2 Å². The summed E-state index contributed by atoms with van der Waals surface area (Å²) in [5.41, 5.74) is 1.67. The highest BCUT2D eigenvalue weighted by atomic mass is 16.3. The van der Waals surface area contributed by atoms with Crippen molar-refractivity contribution in [3.05, 3.63) is 83.9 Å². The van der Waals surface area contributed by atoms with E-state index >= 15 is 0 Å². The van der Waals surface area contributed by atoms with Gasteiger partial charge >= 0.3 is 0 Å². The second kappa shape index (κ2) is 7.11.